The maximum absolute atomic E-state index is 10.8. The molecule has 0 unspecified atom stereocenters. The molecule has 0 atom stereocenters. The van der Waals surface area contributed by atoms with Crippen LogP contribution in [-0.4, -0.2) is 32.1 Å². The molecule has 0 aliphatic carbocycles. The smallest absolute Gasteiger partial charge is 0.148 e. The molecule has 0 aromatic carbocycles. The van der Waals surface area contributed by atoms with E-state index >= 15 is 0 Å². The number of furan rings is 1. The Labute approximate surface area is 89.0 Å². The molecule has 15 heavy (non-hydrogen) atoms. The van der Waals surface area contributed by atoms with E-state index in [2.05, 4.69) is 5.32 Å². The Morgan fingerprint density at radius 2 is 2.07 bits per heavy atom. The third-order valence-electron chi connectivity index (χ3n) is 1.82. The van der Waals surface area contributed by atoms with Crippen molar-refractivity contribution in [1.29, 1.82) is 0 Å². The van der Waals surface area contributed by atoms with Crippen LogP contribution in [0.25, 0.3) is 0 Å². The molecular weight excluding hydrogens is 218 g/mol. The molecule has 5 nitrogen and oxygen atoms in total. The van der Waals surface area contributed by atoms with Crippen LogP contribution in [0.15, 0.2) is 16.5 Å². The summed E-state index contributed by atoms with van der Waals surface area (Å²) in [6.07, 6.45) is 1.20. The first-order chi connectivity index (χ1) is 7.01. The predicted octanol–water partition coefficient (Wildman–Crippen LogP) is -0.0939. The summed E-state index contributed by atoms with van der Waals surface area (Å²) < 4.78 is 26.8. The van der Waals surface area contributed by atoms with Gasteiger partial charge in [0.2, 0.25) is 0 Å². The second-order valence-corrected chi connectivity index (χ2v) is 5.59. The van der Waals surface area contributed by atoms with Crippen LogP contribution in [0.4, 0.5) is 0 Å². The van der Waals surface area contributed by atoms with Crippen LogP contribution >= 0.6 is 0 Å². The van der Waals surface area contributed by atoms with Crippen molar-refractivity contribution in [1.82, 2.24) is 5.32 Å². The van der Waals surface area contributed by atoms with Crippen LogP contribution in [0, 0.1) is 0 Å². The zero-order valence-electron chi connectivity index (χ0n) is 8.56. The van der Waals surface area contributed by atoms with Gasteiger partial charge in [0.1, 0.15) is 28.0 Å². The number of aliphatic hydroxyl groups is 1. The third kappa shape index (κ3) is 4.96. The maximum atomic E-state index is 10.8. The Hall–Kier alpha value is -0.850. The van der Waals surface area contributed by atoms with Gasteiger partial charge in [0, 0.05) is 12.8 Å². The molecule has 0 spiro atoms. The molecule has 0 saturated carbocycles. The number of hydrogen-bond acceptors (Lipinski definition) is 5. The van der Waals surface area contributed by atoms with Gasteiger partial charge in [-0.25, -0.2) is 8.42 Å². The van der Waals surface area contributed by atoms with Gasteiger partial charge < -0.3 is 14.8 Å². The maximum Gasteiger partial charge on any atom is 0.148 e. The summed E-state index contributed by atoms with van der Waals surface area (Å²) in [4.78, 5) is 0. The number of hydrogen-bond donors (Lipinski definition) is 2. The zero-order valence-corrected chi connectivity index (χ0v) is 9.38. The molecule has 0 saturated heterocycles. The van der Waals surface area contributed by atoms with Gasteiger partial charge >= 0.3 is 0 Å². The second kappa shape index (κ2) is 5.29. The van der Waals surface area contributed by atoms with Gasteiger partial charge in [-0.1, -0.05) is 0 Å². The highest BCUT2D eigenvalue weighted by Gasteiger charge is 2.03. The number of nitrogens with one attached hydrogen (secondary N) is 1. The summed E-state index contributed by atoms with van der Waals surface area (Å²) >= 11 is 0. The molecule has 6 heteroatoms. The lowest BCUT2D eigenvalue weighted by molar-refractivity contribution is 0.243. The molecule has 0 radical (unpaired) electrons. The normalized spacial score (nSPS) is 11.9. The van der Waals surface area contributed by atoms with Gasteiger partial charge in [0.05, 0.1) is 12.3 Å². The number of aliphatic hydroxyl groups excluding tert-OH is 1. The van der Waals surface area contributed by atoms with Gasteiger partial charge in [-0.15, -0.1) is 0 Å². The Balaban J connectivity index is 2.26. The molecule has 0 amide bonds. The van der Waals surface area contributed by atoms with E-state index < -0.39 is 9.84 Å². The molecule has 0 aliphatic heterocycles. The summed E-state index contributed by atoms with van der Waals surface area (Å²) in [7, 11) is -2.91. The van der Waals surface area contributed by atoms with Crippen molar-refractivity contribution in [3.63, 3.8) is 0 Å². The Kier molecular flexibility index (Phi) is 4.31. The minimum atomic E-state index is -2.91. The minimum absolute atomic E-state index is 0.112. The van der Waals surface area contributed by atoms with E-state index in [9.17, 15) is 8.42 Å². The SMILES string of the molecule is CS(=O)(=O)CCNCc1ccc(CO)o1. The minimum Gasteiger partial charge on any atom is -0.462 e. The van der Waals surface area contributed by atoms with Gasteiger partial charge in [-0.05, 0) is 12.1 Å². The molecular formula is C9H15NO4S. The van der Waals surface area contributed by atoms with Crippen LogP contribution in [-0.2, 0) is 23.0 Å². The lowest BCUT2D eigenvalue weighted by Crippen LogP contribution is -2.21. The first kappa shape index (κ1) is 12.2. The molecule has 1 aromatic rings. The lowest BCUT2D eigenvalue weighted by atomic mass is 10.4. The van der Waals surface area contributed by atoms with Crippen molar-refractivity contribution in [2.45, 2.75) is 13.2 Å². The standard InChI is InChI=1S/C9H15NO4S/c1-15(12,13)5-4-10-6-8-2-3-9(7-11)14-8/h2-3,10-11H,4-7H2,1H3. The van der Waals surface area contributed by atoms with E-state index in [4.69, 9.17) is 9.52 Å². The fraction of sp³-hybridized carbons (Fsp3) is 0.556. The highest BCUT2D eigenvalue weighted by Crippen LogP contribution is 2.06. The summed E-state index contributed by atoms with van der Waals surface area (Å²) in [5.41, 5.74) is 0. The van der Waals surface area contributed by atoms with E-state index in [0.29, 0.717) is 24.6 Å². The summed E-state index contributed by atoms with van der Waals surface area (Å²) in [6.45, 7) is 0.743. The zero-order chi connectivity index (χ0) is 11.3. The van der Waals surface area contributed by atoms with Gasteiger partial charge in [-0.2, -0.15) is 0 Å². The first-order valence-electron chi connectivity index (χ1n) is 4.58. The highest BCUT2D eigenvalue weighted by atomic mass is 32.2. The fourth-order valence-electron chi connectivity index (χ4n) is 1.07. The molecule has 1 heterocycles. The average molecular weight is 233 g/mol. The molecule has 0 fully saturated rings. The Morgan fingerprint density at radius 1 is 1.40 bits per heavy atom. The molecule has 86 valence electrons. The second-order valence-electron chi connectivity index (χ2n) is 3.33. The third-order valence-corrected chi connectivity index (χ3v) is 2.77. The van der Waals surface area contributed by atoms with E-state index in [0.717, 1.165) is 0 Å². The van der Waals surface area contributed by atoms with E-state index in [1.807, 2.05) is 0 Å². The summed E-state index contributed by atoms with van der Waals surface area (Å²) in [5.74, 6) is 1.31. The summed E-state index contributed by atoms with van der Waals surface area (Å²) in [5, 5.41) is 11.7. The van der Waals surface area contributed by atoms with Crippen molar-refractivity contribution in [3.8, 4) is 0 Å². The van der Waals surface area contributed by atoms with Gasteiger partial charge in [0.15, 0.2) is 0 Å². The monoisotopic (exact) mass is 233 g/mol. The first-order valence-corrected chi connectivity index (χ1v) is 6.64. The Morgan fingerprint density at radius 3 is 2.60 bits per heavy atom. The fourth-order valence-corrected chi connectivity index (χ4v) is 1.59. The van der Waals surface area contributed by atoms with Gasteiger partial charge in [0.25, 0.3) is 0 Å². The summed E-state index contributed by atoms with van der Waals surface area (Å²) in [6, 6.07) is 3.44. The van der Waals surface area contributed by atoms with Crippen LogP contribution < -0.4 is 5.32 Å². The van der Waals surface area contributed by atoms with E-state index in [1.165, 1.54) is 6.26 Å². The Bertz CT molecular complexity index is 396. The van der Waals surface area contributed by atoms with Crippen molar-refractivity contribution in [3.05, 3.63) is 23.7 Å². The van der Waals surface area contributed by atoms with E-state index in [1.54, 1.807) is 12.1 Å². The van der Waals surface area contributed by atoms with Crippen molar-refractivity contribution < 1.29 is 17.9 Å². The topological polar surface area (TPSA) is 79.5 Å². The van der Waals surface area contributed by atoms with E-state index in [-0.39, 0.29) is 12.4 Å². The average Bonchev–Trinajstić information content (AvgIpc) is 2.59. The molecule has 0 aliphatic rings. The largest absolute Gasteiger partial charge is 0.462 e. The molecule has 0 bridgehead atoms. The van der Waals surface area contributed by atoms with Gasteiger partial charge in [-0.3, -0.25) is 0 Å². The quantitative estimate of drug-likeness (QED) is 0.671. The number of rotatable bonds is 6. The highest BCUT2D eigenvalue weighted by molar-refractivity contribution is 7.90. The van der Waals surface area contributed by atoms with Crippen molar-refractivity contribution in [2.75, 3.05) is 18.6 Å². The van der Waals surface area contributed by atoms with Crippen molar-refractivity contribution in [2.24, 2.45) is 0 Å². The number of sulfone groups is 1. The van der Waals surface area contributed by atoms with Crippen LogP contribution in [0.5, 0.6) is 0 Å². The van der Waals surface area contributed by atoms with Crippen LogP contribution in [0.2, 0.25) is 0 Å². The molecule has 1 rings (SSSR count). The molecule has 2 N–H and O–H groups in total. The predicted molar refractivity (Wildman–Crippen MR) is 56.0 cm³/mol. The molecule has 1 aromatic heterocycles. The van der Waals surface area contributed by atoms with Crippen molar-refractivity contribution >= 4 is 9.84 Å². The van der Waals surface area contributed by atoms with Crippen LogP contribution in [0.1, 0.15) is 11.5 Å². The van der Waals surface area contributed by atoms with Crippen LogP contribution in [0.3, 0.4) is 0 Å². The lowest BCUT2D eigenvalue weighted by Gasteiger charge is -2.00.